The molecule has 0 amide bonds. The second kappa shape index (κ2) is 7.74. The highest BCUT2D eigenvalue weighted by Gasteiger charge is 2.48. The smallest absolute Gasteiger partial charge is 0.243 e. The van der Waals surface area contributed by atoms with Crippen LogP contribution in [0, 0.1) is 0 Å². The van der Waals surface area contributed by atoms with E-state index in [1.54, 1.807) is 28.6 Å². The molecule has 2 aliphatic heterocycles. The van der Waals surface area contributed by atoms with Gasteiger partial charge in [0, 0.05) is 18.6 Å². The second-order valence-electron chi connectivity index (χ2n) is 7.81. The first-order chi connectivity index (χ1) is 13.1. The van der Waals surface area contributed by atoms with Crippen LogP contribution in [0.4, 0.5) is 0 Å². The lowest BCUT2D eigenvalue weighted by atomic mass is 9.95. The van der Waals surface area contributed by atoms with Crippen LogP contribution >= 0.6 is 0 Å². The van der Waals surface area contributed by atoms with Gasteiger partial charge in [0.25, 0.3) is 0 Å². The quantitative estimate of drug-likeness (QED) is 0.765. The SMILES string of the molecule is O=S(=O)(c1ccccc1)N1CCC2(CCCN2CCCc2ccccc2)C1. The van der Waals surface area contributed by atoms with E-state index in [4.69, 9.17) is 0 Å². The lowest BCUT2D eigenvalue weighted by Gasteiger charge is -2.35. The van der Waals surface area contributed by atoms with E-state index >= 15 is 0 Å². The standard InChI is InChI=1S/C22H28N2O2S/c25-27(26,21-12-5-2-6-13-21)24-18-15-22(19-24)14-8-17-23(22)16-7-11-20-9-3-1-4-10-20/h1-6,9-10,12-13H,7-8,11,14-19H2. The largest absolute Gasteiger partial charge is 0.296 e. The molecule has 1 unspecified atom stereocenters. The Morgan fingerprint density at radius 3 is 2.33 bits per heavy atom. The van der Waals surface area contributed by atoms with Crippen molar-refractivity contribution in [2.24, 2.45) is 0 Å². The molecule has 2 heterocycles. The molecule has 4 rings (SSSR count). The molecule has 2 saturated heterocycles. The van der Waals surface area contributed by atoms with Crippen molar-refractivity contribution in [1.82, 2.24) is 9.21 Å². The van der Waals surface area contributed by atoms with Gasteiger partial charge in [-0.1, -0.05) is 48.5 Å². The molecule has 4 nitrogen and oxygen atoms in total. The number of benzene rings is 2. The molecule has 0 saturated carbocycles. The number of hydrogen-bond donors (Lipinski definition) is 0. The first-order valence-electron chi connectivity index (χ1n) is 9.94. The molecule has 27 heavy (non-hydrogen) atoms. The van der Waals surface area contributed by atoms with Crippen LogP contribution in [0.25, 0.3) is 0 Å². The average molecular weight is 385 g/mol. The van der Waals surface area contributed by atoms with E-state index in [9.17, 15) is 8.42 Å². The van der Waals surface area contributed by atoms with Crippen LogP contribution in [0.5, 0.6) is 0 Å². The van der Waals surface area contributed by atoms with Gasteiger partial charge in [-0.3, -0.25) is 4.90 Å². The molecule has 2 aliphatic rings. The van der Waals surface area contributed by atoms with Crippen molar-refractivity contribution in [3.8, 4) is 0 Å². The maximum absolute atomic E-state index is 13.0. The first-order valence-corrected chi connectivity index (χ1v) is 11.4. The highest BCUT2D eigenvalue weighted by Crippen LogP contribution is 2.39. The topological polar surface area (TPSA) is 40.6 Å². The monoisotopic (exact) mass is 384 g/mol. The van der Waals surface area contributed by atoms with Crippen molar-refractivity contribution in [2.75, 3.05) is 26.2 Å². The summed E-state index contributed by atoms with van der Waals surface area (Å²) in [6.45, 7) is 3.41. The zero-order valence-corrected chi connectivity index (χ0v) is 16.6. The van der Waals surface area contributed by atoms with Gasteiger partial charge in [-0.25, -0.2) is 8.42 Å². The van der Waals surface area contributed by atoms with Crippen molar-refractivity contribution in [2.45, 2.75) is 42.5 Å². The van der Waals surface area contributed by atoms with Crippen LogP contribution in [0.3, 0.4) is 0 Å². The minimum absolute atomic E-state index is 0.0402. The Labute approximate surface area is 162 Å². The van der Waals surface area contributed by atoms with Crippen molar-refractivity contribution >= 4 is 10.0 Å². The third-order valence-electron chi connectivity index (χ3n) is 6.16. The van der Waals surface area contributed by atoms with Gasteiger partial charge in [-0.15, -0.1) is 0 Å². The molecule has 1 spiro atoms. The minimum atomic E-state index is -3.38. The van der Waals surface area contributed by atoms with Gasteiger partial charge < -0.3 is 0 Å². The number of sulfonamides is 1. The summed E-state index contributed by atoms with van der Waals surface area (Å²) in [5, 5.41) is 0. The third-order valence-corrected chi connectivity index (χ3v) is 8.01. The molecule has 0 N–H and O–H groups in total. The molecule has 5 heteroatoms. The van der Waals surface area contributed by atoms with Crippen molar-refractivity contribution in [3.05, 3.63) is 66.2 Å². The Kier molecular flexibility index (Phi) is 5.35. The lowest BCUT2D eigenvalue weighted by Crippen LogP contribution is -2.47. The Morgan fingerprint density at radius 1 is 0.889 bits per heavy atom. The van der Waals surface area contributed by atoms with E-state index in [-0.39, 0.29) is 5.54 Å². The Morgan fingerprint density at radius 2 is 1.59 bits per heavy atom. The fraction of sp³-hybridized carbons (Fsp3) is 0.455. The van der Waals surface area contributed by atoms with Gasteiger partial charge in [0.1, 0.15) is 0 Å². The molecule has 0 aromatic heterocycles. The molecular weight excluding hydrogens is 356 g/mol. The Balaban J connectivity index is 1.41. The normalized spacial score (nSPS) is 24.0. The molecule has 0 aliphatic carbocycles. The van der Waals surface area contributed by atoms with Crippen LogP contribution in [0.2, 0.25) is 0 Å². The summed E-state index contributed by atoms with van der Waals surface area (Å²) < 4.78 is 27.7. The van der Waals surface area contributed by atoms with Crippen LogP contribution in [-0.4, -0.2) is 49.3 Å². The Hall–Kier alpha value is -1.69. The third kappa shape index (κ3) is 3.82. The van der Waals surface area contributed by atoms with Gasteiger partial charge >= 0.3 is 0 Å². The van der Waals surface area contributed by atoms with Gasteiger partial charge in [-0.2, -0.15) is 4.31 Å². The fourth-order valence-electron chi connectivity index (χ4n) is 4.69. The highest BCUT2D eigenvalue weighted by atomic mass is 32.2. The molecule has 144 valence electrons. The average Bonchev–Trinajstić information content (AvgIpc) is 3.31. The number of rotatable bonds is 6. The van der Waals surface area contributed by atoms with E-state index in [0.29, 0.717) is 18.0 Å². The molecule has 2 aromatic rings. The summed E-state index contributed by atoms with van der Waals surface area (Å²) in [5.74, 6) is 0. The van der Waals surface area contributed by atoms with E-state index in [1.807, 2.05) is 6.07 Å². The number of aryl methyl sites for hydroxylation is 1. The second-order valence-corrected chi connectivity index (χ2v) is 9.74. The van der Waals surface area contributed by atoms with Crippen molar-refractivity contribution in [1.29, 1.82) is 0 Å². The molecule has 2 fully saturated rings. The van der Waals surface area contributed by atoms with E-state index in [0.717, 1.165) is 38.8 Å². The summed E-state index contributed by atoms with van der Waals surface area (Å²) >= 11 is 0. The first kappa shape index (κ1) is 18.7. The highest BCUT2D eigenvalue weighted by molar-refractivity contribution is 7.89. The Bertz CT molecular complexity index is 854. The van der Waals surface area contributed by atoms with Gasteiger partial charge in [0.2, 0.25) is 10.0 Å². The van der Waals surface area contributed by atoms with Gasteiger partial charge in [-0.05, 0) is 62.9 Å². The molecular formula is C22H28N2O2S. The van der Waals surface area contributed by atoms with Crippen LogP contribution < -0.4 is 0 Å². The van der Waals surface area contributed by atoms with Crippen molar-refractivity contribution < 1.29 is 8.42 Å². The lowest BCUT2D eigenvalue weighted by molar-refractivity contribution is 0.148. The van der Waals surface area contributed by atoms with Crippen molar-refractivity contribution in [3.63, 3.8) is 0 Å². The maximum atomic E-state index is 13.0. The number of hydrogen-bond acceptors (Lipinski definition) is 3. The molecule has 2 aromatic carbocycles. The molecule has 0 radical (unpaired) electrons. The predicted molar refractivity (Wildman–Crippen MR) is 108 cm³/mol. The summed E-state index contributed by atoms with van der Waals surface area (Å²) in [6.07, 6.45) is 5.44. The van der Waals surface area contributed by atoms with Crippen LogP contribution in [0.1, 0.15) is 31.2 Å². The zero-order chi connectivity index (χ0) is 18.7. The summed E-state index contributed by atoms with van der Waals surface area (Å²) in [6, 6.07) is 19.5. The van der Waals surface area contributed by atoms with E-state index in [1.165, 1.54) is 12.0 Å². The molecule has 1 atom stereocenters. The predicted octanol–water partition coefficient (Wildman–Crippen LogP) is 3.55. The van der Waals surface area contributed by atoms with E-state index in [2.05, 4.69) is 35.2 Å². The van der Waals surface area contributed by atoms with Crippen LogP contribution in [-0.2, 0) is 16.4 Å². The zero-order valence-electron chi connectivity index (χ0n) is 15.8. The number of nitrogens with zero attached hydrogens (tertiary/aromatic N) is 2. The summed E-state index contributed by atoms with van der Waals surface area (Å²) in [7, 11) is -3.38. The van der Waals surface area contributed by atoms with Gasteiger partial charge in [0.05, 0.1) is 4.90 Å². The maximum Gasteiger partial charge on any atom is 0.243 e. The summed E-state index contributed by atoms with van der Waals surface area (Å²) in [5.41, 5.74) is 1.42. The number of likely N-dealkylation sites (tertiary alicyclic amines) is 1. The van der Waals surface area contributed by atoms with Crippen LogP contribution in [0.15, 0.2) is 65.6 Å². The molecule has 0 bridgehead atoms. The minimum Gasteiger partial charge on any atom is -0.296 e. The van der Waals surface area contributed by atoms with E-state index < -0.39 is 10.0 Å². The van der Waals surface area contributed by atoms with Gasteiger partial charge in [0.15, 0.2) is 0 Å². The fourth-order valence-corrected chi connectivity index (χ4v) is 6.23. The summed E-state index contributed by atoms with van der Waals surface area (Å²) in [4.78, 5) is 2.98.